The average Bonchev–Trinajstić information content (AvgIpc) is 2.36. The number of para-hydroxylation sites is 1. The molecule has 1 rings (SSSR count). The lowest BCUT2D eigenvalue weighted by atomic mass is 10.2. The summed E-state index contributed by atoms with van der Waals surface area (Å²) in [6, 6.07) is 5.80. The first-order chi connectivity index (χ1) is 8.79. The van der Waals surface area contributed by atoms with E-state index in [1.54, 1.807) is 0 Å². The van der Waals surface area contributed by atoms with Crippen LogP contribution in [-0.2, 0) is 6.54 Å². The van der Waals surface area contributed by atoms with Gasteiger partial charge in [-0.15, -0.1) is 0 Å². The molecule has 0 heterocycles. The van der Waals surface area contributed by atoms with Crippen LogP contribution in [0.1, 0.15) is 31.2 Å². The summed E-state index contributed by atoms with van der Waals surface area (Å²) in [5.74, 6) is 0.788. The Morgan fingerprint density at radius 1 is 1.22 bits per heavy atom. The summed E-state index contributed by atoms with van der Waals surface area (Å²) in [4.78, 5) is 0. The molecule has 0 fully saturated rings. The molecular formula is C14H22ClNO2. The number of aliphatic hydroxyl groups is 1. The Morgan fingerprint density at radius 3 is 2.72 bits per heavy atom. The van der Waals surface area contributed by atoms with Gasteiger partial charge in [-0.3, -0.25) is 0 Å². The number of aliphatic hydroxyl groups excluding tert-OH is 1. The van der Waals surface area contributed by atoms with Gasteiger partial charge in [0.2, 0.25) is 0 Å². The van der Waals surface area contributed by atoms with E-state index in [0.717, 1.165) is 43.5 Å². The molecule has 102 valence electrons. The van der Waals surface area contributed by atoms with Gasteiger partial charge in [0.1, 0.15) is 5.75 Å². The molecule has 0 radical (unpaired) electrons. The molecule has 0 aliphatic carbocycles. The van der Waals surface area contributed by atoms with Crippen molar-refractivity contribution in [2.45, 2.75) is 32.2 Å². The first-order valence-electron chi connectivity index (χ1n) is 6.45. The molecule has 0 bridgehead atoms. The van der Waals surface area contributed by atoms with E-state index in [2.05, 4.69) is 5.32 Å². The van der Waals surface area contributed by atoms with Gasteiger partial charge in [0.05, 0.1) is 11.6 Å². The number of rotatable bonds is 9. The Bertz CT molecular complexity index is 345. The summed E-state index contributed by atoms with van der Waals surface area (Å²) in [5, 5.41) is 12.4. The maximum Gasteiger partial charge on any atom is 0.142 e. The predicted molar refractivity (Wildman–Crippen MR) is 75.3 cm³/mol. The van der Waals surface area contributed by atoms with E-state index in [-0.39, 0.29) is 6.61 Å². The molecule has 18 heavy (non-hydrogen) atoms. The van der Waals surface area contributed by atoms with Crippen molar-refractivity contribution in [3.05, 3.63) is 28.8 Å². The zero-order chi connectivity index (χ0) is 13.2. The third-order valence-electron chi connectivity index (χ3n) is 2.71. The van der Waals surface area contributed by atoms with Crippen molar-refractivity contribution in [2.24, 2.45) is 0 Å². The van der Waals surface area contributed by atoms with Crippen LogP contribution >= 0.6 is 11.6 Å². The largest absolute Gasteiger partial charge is 0.492 e. The van der Waals surface area contributed by atoms with Crippen LogP contribution in [0, 0.1) is 0 Å². The van der Waals surface area contributed by atoms with Crippen molar-refractivity contribution < 1.29 is 9.84 Å². The van der Waals surface area contributed by atoms with Crippen molar-refractivity contribution in [1.29, 1.82) is 0 Å². The van der Waals surface area contributed by atoms with Crippen molar-refractivity contribution in [3.8, 4) is 5.75 Å². The lowest BCUT2D eigenvalue weighted by Crippen LogP contribution is -2.08. The van der Waals surface area contributed by atoms with Gasteiger partial charge in [-0.2, -0.15) is 0 Å². The number of ether oxygens (including phenoxy) is 1. The second kappa shape index (κ2) is 9.20. The van der Waals surface area contributed by atoms with E-state index in [0.29, 0.717) is 11.6 Å². The molecule has 2 N–H and O–H groups in total. The minimum Gasteiger partial charge on any atom is -0.492 e. The fourth-order valence-corrected chi connectivity index (χ4v) is 2.04. The molecule has 0 aromatic heterocycles. The SMILES string of the molecule is CNCc1cccc(Cl)c1OCCCCCCO. The van der Waals surface area contributed by atoms with Gasteiger partial charge >= 0.3 is 0 Å². The Balaban J connectivity index is 2.40. The van der Waals surface area contributed by atoms with Gasteiger partial charge < -0.3 is 15.2 Å². The summed E-state index contributed by atoms with van der Waals surface area (Å²) in [7, 11) is 1.90. The summed E-state index contributed by atoms with van der Waals surface area (Å²) in [5.41, 5.74) is 1.08. The molecule has 0 saturated heterocycles. The van der Waals surface area contributed by atoms with Gasteiger partial charge in [0.25, 0.3) is 0 Å². The average molecular weight is 272 g/mol. The molecule has 1 aromatic rings. The molecule has 0 saturated carbocycles. The highest BCUT2D eigenvalue weighted by Crippen LogP contribution is 2.28. The Kier molecular flexibility index (Phi) is 7.81. The standard InChI is InChI=1S/C14H22ClNO2/c1-16-11-12-7-6-8-13(15)14(12)18-10-5-3-2-4-9-17/h6-8,16-17H,2-5,9-11H2,1H3. The van der Waals surface area contributed by atoms with Gasteiger partial charge in [-0.05, 0) is 32.4 Å². The molecule has 3 nitrogen and oxygen atoms in total. The zero-order valence-corrected chi connectivity index (χ0v) is 11.7. The third kappa shape index (κ3) is 5.25. The molecule has 0 amide bonds. The summed E-state index contributed by atoms with van der Waals surface area (Å²) >= 11 is 6.14. The quantitative estimate of drug-likeness (QED) is 0.679. The van der Waals surface area contributed by atoms with Gasteiger partial charge in [0, 0.05) is 18.7 Å². The van der Waals surface area contributed by atoms with Crippen molar-refractivity contribution in [3.63, 3.8) is 0 Å². The highest BCUT2D eigenvalue weighted by Gasteiger charge is 2.07. The summed E-state index contributed by atoms with van der Waals surface area (Å²) < 4.78 is 5.77. The van der Waals surface area contributed by atoms with Crippen molar-refractivity contribution >= 4 is 11.6 Å². The molecule has 0 atom stereocenters. The van der Waals surface area contributed by atoms with Crippen LogP contribution < -0.4 is 10.1 Å². The van der Waals surface area contributed by atoms with E-state index < -0.39 is 0 Å². The molecule has 0 aliphatic rings. The molecule has 0 spiro atoms. The second-order valence-corrected chi connectivity index (χ2v) is 4.65. The first kappa shape index (κ1) is 15.3. The number of hydrogen-bond donors (Lipinski definition) is 2. The summed E-state index contributed by atoms with van der Waals surface area (Å²) in [6.07, 6.45) is 3.99. The van der Waals surface area contributed by atoms with Gasteiger partial charge in [0.15, 0.2) is 0 Å². The van der Waals surface area contributed by atoms with Crippen LogP contribution in [0.2, 0.25) is 5.02 Å². The van der Waals surface area contributed by atoms with Crippen molar-refractivity contribution in [1.82, 2.24) is 5.32 Å². The number of nitrogens with one attached hydrogen (secondary N) is 1. The molecule has 0 aliphatic heterocycles. The lowest BCUT2D eigenvalue weighted by Gasteiger charge is -2.12. The fraction of sp³-hybridized carbons (Fsp3) is 0.571. The maximum atomic E-state index is 8.68. The van der Waals surface area contributed by atoms with E-state index in [4.69, 9.17) is 21.4 Å². The second-order valence-electron chi connectivity index (χ2n) is 4.24. The number of halogens is 1. The Labute approximate surface area is 114 Å². The third-order valence-corrected chi connectivity index (χ3v) is 3.01. The number of unbranched alkanes of at least 4 members (excludes halogenated alkanes) is 3. The topological polar surface area (TPSA) is 41.5 Å². The zero-order valence-electron chi connectivity index (χ0n) is 10.9. The van der Waals surface area contributed by atoms with E-state index >= 15 is 0 Å². The number of hydrogen-bond acceptors (Lipinski definition) is 3. The monoisotopic (exact) mass is 271 g/mol. The first-order valence-corrected chi connectivity index (χ1v) is 6.83. The molecule has 4 heteroatoms. The van der Waals surface area contributed by atoms with Crippen LogP contribution in [0.15, 0.2) is 18.2 Å². The Hall–Kier alpha value is -0.770. The van der Waals surface area contributed by atoms with Gasteiger partial charge in [-0.1, -0.05) is 30.2 Å². The van der Waals surface area contributed by atoms with Crippen LogP contribution in [0.3, 0.4) is 0 Å². The van der Waals surface area contributed by atoms with Crippen molar-refractivity contribution in [2.75, 3.05) is 20.3 Å². The van der Waals surface area contributed by atoms with Crippen LogP contribution in [0.5, 0.6) is 5.75 Å². The normalized spacial score (nSPS) is 10.6. The van der Waals surface area contributed by atoms with Crippen LogP contribution in [0.4, 0.5) is 0 Å². The minimum atomic E-state index is 0.275. The predicted octanol–water partition coefficient (Wildman–Crippen LogP) is 2.99. The molecule has 1 aromatic carbocycles. The summed E-state index contributed by atoms with van der Waals surface area (Å²) in [6.45, 7) is 1.70. The van der Waals surface area contributed by atoms with E-state index in [1.807, 2.05) is 25.2 Å². The highest BCUT2D eigenvalue weighted by atomic mass is 35.5. The van der Waals surface area contributed by atoms with E-state index in [1.165, 1.54) is 0 Å². The van der Waals surface area contributed by atoms with Crippen LogP contribution in [-0.4, -0.2) is 25.4 Å². The highest BCUT2D eigenvalue weighted by molar-refractivity contribution is 6.32. The Morgan fingerprint density at radius 2 is 2.00 bits per heavy atom. The maximum absolute atomic E-state index is 8.68. The van der Waals surface area contributed by atoms with E-state index in [9.17, 15) is 0 Å². The lowest BCUT2D eigenvalue weighted by molar-refractivity contribution is 0.273. The number of benzene rings is 1. The molecule has 0 unspecified atom stereocenters. The van der Waals surface area contributed by atoms with Gasteiger partial charge in [-0.25, -0.2) is 0 Å². The van der Waals surface area contributed by atoms with Crippen LogP contribution in [0.25, 0.3) is 0 Å². The smallest absolute Gasteiger partial charge is 0.142 e. The minimum absolute atomic E-state index is 0.275. The fourth-order valence-electron chi connectivity index (χ4n) is 1.79. The molecular weight excluding hydrogens is 250 g/mol.